The van der Waals surface area contributed by atoms with Gasteiger partial charge in [0.15, 0.2) is 6.29 Å². The zero-order chi connectivity index (χ0) is 8.59. The largest absolute Gasteiger partial charge is 0.388 e. The second-order valence-electron chi connectivity index (χ2n) is 2.70. The van der Waals surface area contributed by atoms with Crippen LogP contribution in [0.3, 0.4) is 0 Å². The molecule has 1 saturated heterocycles. The van der Waals surface area contributed by atoms with Crippen molar-refractivity contribution in [2.75, 3.05) is 0 Å². The number of hydrogen-bond donors (Lipinski definition) is 4. The molecule has 5 atom stereocenters. The van der Waals surface area contributed by atoms with Crippen LogP contribution in [0.25, 0.3) is 0 Å². The number of aliphatic hydroxyl groups is 4. The maximum Gasteiger partial charge on any atom is 0.183 e. The number of ether oxygens (including phenoxy) is 1. The van der Waals surface area contributed by atoms with Gasteiger partial charge in [-0.25, -0.2) is 0 Å². The van der Waals surface area contributed by atoms with Gasteiger partial charge in [0.05, 0.1) is 6.10 Å². The van der Waals surface area contributed by atoms with Crippen LogP contribution in [-0.2, 0) is 27.1 Å². The summed E-state index contributed by atoms with van der Waals surface area (Å²) in [5, 5.41) is 36.0. The van der Waals surface area contributed by atoms with E-state index in [2.05, 4.69) is 4.74 Å². The van der Waals surface area contributed by atoms with Crippen molar-refractivity contribution in [3.8, 4) is 0 Å². The summed E-state index contributed by atoms with van der Waals surface area (Å²) in [7, 11) is 0. The third-order valence-electron chi connectivity index (χ3n) is 1.83. The summed E-state index contributed by atoms with van der Waals surface area (Å²) in [5.74, 6) is 0. The third-order valence-corrected chi connectivity index (χ3v) is 1.83. The zero-order valence-corrected chi connectivity index (χ0v) is 8.55. The van der Waals surface area contributed by atoms with Crippen LogP contribution in [0.2, 0.25) is 0 Å². The molecular formula is C6H12AuO5. The number of hydrogen-bond acceptors (Lipinski definition) is 5. The van der Waals surface area contributed by atoms with Crippen molar-refractivity contribution < 1.29 is 47.5 Å². The van der Waals surface area contributed by atoms with Crippen LogP contribution in [0.5, 0.6) is 0 Å². The molecule has 1 aliphatic rings. The summed E-state index contributed by atoms with van der Waals surface area (Å²) < 4.78 is 4.68. The maximum absolute atomic E-state index is 9.09. The minimum Gasteiger partial charge on any atom is -0.388 e. The van der Waals surface area contributed by atoms with Crippen molar-refractivity contribution in [2.24, 2.45) is 0 Å². The number of rotatable bonds is 0. The first-order valence-corrected chi connectivity index (χ1v) is 3.41. The van der Waals surface area contributed by atoms with Gasteiger partial charge in [0.1, 0.15) is 18.3 Å². The van der Waals surface area contributed by atoms with E-state index < -0.39 is 30.7 Å². The second kappa shape index (κ2) is 4.69. The molecule has 1 rings (SSSR count). The minimum atomic E-state index is -1.43. The van der Waals surface area contributed by atoms with E-state index in [4.69, 9.17) is 20.4 Å². The quantitative estimate of drug-likeness (QED) is 0.368. The Kier molecular flexibility index (Phi) is 4.90. The first kappa shape index (κ1) is 12.5. The van der Waals surface area contributed by atoms with Crippen molar-refractivity contribution in [1.29, 1.82) is 0 Å². The van der Waals surface area contributed by atoms with Crippen molar-refractivity contribution in [1.82, 2.24) is 0 Å². The van der Waals surface area contributed by atoms with Gasteiger partial charge in [-0.3, -0.25) is 0 Å². The maximum atomic E-state index is 9.09. The fourth-order valence-electron chi connectivity index (χ4n) is 1.03. The summed E-state index contributed by atoms with van der Waals surface area (Å²) in [6, 6.07) is 0. The SMILES string of the molecule is C[C@@H]1OC(O)[C@H](O)[C@H](O)[C@H]1O.[Au]. The van der Waals surface area contributed by atoms with E-state index in [0.717, 1.165) is 0 Å². The molecule has 4 N–H and O–H groups in total. The Labute approximate surface area is 85.5 Å². The molecule has 6 heteroatoms. The Morgan fingerprint density at radius 2 is 1.42 bits per heavy atom. The van der Waals surface area contributed by atoms with E-state index in [9.17, 15) is 0 Å². The summed E-state index contributed by atoms with van der Waals surface area (Å²) in [4.78, 5) is 0. The molecule has 0 aromatic carbocycles. The van der Waals surface area contributed by atoms with Gasteiger partial charge in [-0.2, -0.15) is 0 Å². The molecular weight excluding hydrogens is 349 g/mol. The van der Waals surface area contributed by atoms with E-state index in [1.807, 2.05) is 0 Å². The average molecular weight is 361 g/mol. The predicted octanol–water partition coefficient (Wildman–Crippen LogP) is -2.20. The standard InChI is InChI=1S/C6H12O5.Au/c1-2-3(7)4(8)5(9)6(10)11-2;/h2-10H,1H3;/t2-,3-,4+,5+,6?;/m0./s1. The molecule has 1 radical (unpaired) electrons. The third kappa shape index (κ3) is 2.27. The molecule has 0 saturated carbocycles. The fourth-order valence-corrected chi connectivity index (χ4v) is 1.03. The fraction of sp³-hybridized carbons (Fsp3) is 1.00. The van der Waals surface area contributed by atoms with Gasteiger partial charge in [-0.05, 0) is 6.92 Å². The molecule has 0 bridgehead atoms. The van der Waals surface area contributed by atoms with Crippen LogP contribution in [0.15, 0.2) is 0 Å². The minimum absolute atomic E-state index is 0. The predicted molar refractivity (Wildman–Crippen MR) is 34.6 cm³/mol. The molecule has 1 heterocycles. The average Bonchev–Trinajstić information content (AvgIpc) is 1.97. The molecule has 0 aromatic rings. The van der Waals surface area contributed by atoms with Gasteiger partial charge in [0, 0.05) is 22.4 Å². The number of aliphatic hydroxyl groups excluding tert-OH is 4. The van der Waals surface area contributed by atoms with Gasteiger partial charge in [-0.15, -0.1) is 0 Å². The van der Waals surface area contributed by atoms with Crippen molar-refractivity contribution in [2.45, 2.75) is 37.6 Å². The first-order chi connectivity index (χ1) is 5.04. The van der Waals surface area contributed by atoms with Crippen LogP contribution in [0.4, 0.5) is 0 Å². The van der Waals surface area contributed by atoms with Crippen LogP contribution < -0.4 is 0 Å². The molecule has 5 nitrogen and oxygen atoms in total. The van der Waals surface area contributed by atoms with Gasteiger partial charge >= 0.3 is 0 Å². The molecule has 0 aliphatic carbocycles. The first-order valence-electron chi connectivity index (χ1n) is 3.41. The summed E-state index contributed by atoms with van der Waals surface area (Å²) >= 11 is 0. The Morgan fingerprint density at radius 1 is 0.917 bits per heavy atom. The van der Waals surface area contributed by atoms with E-state index in [1.54, 1.807) is 0 Å². The van der Waals surface area contributed by atoms with Gasteiger partial charge in [-0.1, -0.05) is 0 Å². The zero-order valence-electron chi connectivity index (χ0n) is 6.39. The summed E-state index contributed by atoms with van der Waals surface area (Å²) in [5.41, 5.74) is 0. The Morgan fingerprint density at radius 3 is 1.92 bits per heavy atom. The Bertz CT molecular complexity index is 130. The van der Waals surface area contributed by atoms with Crippen LogP contribution in [-0.4, -0.2) is 51.1 Å². The molecule has 1 fully saturated rings. The molecule has 77 valence electrons. The normalized spacial score (nSPS) is 48.2. The molecule has 1 unspecified atom stereocenters. The van der Waals surface area contributed by atoms with Crippen molar-refractivity contribution in [3.63, 3.8) is 0 Å². The monoisotopic (exact) mass is 361 g/mol. The molecule has 0 spiro atoms. The summed E-state index contributed by atoms with van der Waals surface area (Å²) in [6.07, 6.45) is -5.99. The molecule has 0 aromatic heterocycles. The van der Waals surface area contributed by atoms with Crippen molar-refractivity contribution in [3.05, 3.63) is 0 Å². The summed E-state index contributed by atoms with van der Waals surface area (Å²) in [6.45, 7) is 1.50. The smallest absolute Gasteiger partial charge is 0.183 e. The van der Waals surface area contributed by atoms with E-state index in [1.165, 1.54) is 6.92 Å². The van der Waals surface area contributed by atoms with Crippen LogP contribution in [0, 0.1) is 0 Å². The molecule has 1 aliphatic heterocycles. The van der Waals surface area contributed by atoms with Crippen molar-refractivity contribution >= 4 is 0 Å². The van der Waals surface area contributed by atoms with Gasteiger partial charge < -0.3 is 25.2 Å². The molecule has 12 heavy (non-hydrogen) atoms. The van der Waals surface area contributed by atoms with E-state index in [0.29, 0.717) is 0 Å². The van der Waals surface area contributed by atoms with E-state index >= 15 is 0 Å². The second-order valence-corrected chi connectivity index (χ2v) is 2.70. The molecule has 0 amide bonds. The van der Waals surface area contributed by atoms with Crippen LogP contribution >= 0.6 is 0 Å². The Hall–Kier alpha value is 0.540. The van der Waals surface area contributed by atoms with E-state index in [-0.39, 0.29) is 22.4 Å². The van der Waals surface area contributed by atoms with Gasteiger partial charge in [0.25, 0.3) is 0 Å². The topological polar surface area (TPSA) is 90.2 Å². The van der Waals surface area contributed by atoms with Crippen LogP contribution in [0.1, 0.15) is 6.92 Å². The van der Waals surface area contributed by atoms with Gasteiger partial charge in [0.2, 0.25) is 0 Å². The Balaban J connectivity index is 0.00000121.